The van der Waals surface area contributed by atoms with Gasteiger partial charge in [0.1, 0.15) is 0 Å². The third-order valence-corrected chi connectivity index (χ3v) is 15.1. The molecule has 0 fully saturated rings. The smallest absolute Gasteiger partial charge is 0.0468 e. The summed E-state index contributed by atoms with van der Waals surface area (Å²) < 4.78 is 0. The molecule has 2 heteroatoms. The molecule has 13 rings (SSSR count). The van der Waals surface area contributed by atoms with Crippen LogP contribution in [0.1, 0.15) is 30.9 Å². The number of aryl methyl sites for hydroxylation is 1. The molecule has 0 aromatic heterocycles. The van der Waals surface area contributed by atoms with E-state index in [0.29, 0.717) is 0 Å². The van der Waals surface area contributed by atoms with Crippen LogP contribution >= 0.6 is 0 Å². The molecule has 0 atom stereocenters. The zero-order valence-corrected chi connectivity index (χ0v) is 41.7. The zero-order valence-electron chi connectivity index (χ0n) is 41.7. The predicted molar refractivity (Wildman–Crippen MR) is 318 cm³/mol. The van der Waals surface area contributed by atoms with Crippen LogP contribution in [0.15, 0.2) is 273 Å². The lowest BCUT2D eigenvalue weighted by molar-refractivity contribution is 0.977. The van der Waals surface area contributed by atoms with Gasteiger partial charge in [-0.2, -0.15) is 0 Å². The third-order valence-electron chi connectivity index (χ3n) is 15.1. The fourth-order valence-corrected chi connectivity index (χ4v) is 11.4. The van der Waals surface area contributed by atoms with Gasteiger partial charge in [0.15, 0.2) is 0 Å². The first-order valence-electron chi connectivity index (χ1n) is 25.9. The normalized spacial score (nSPS) is 12.5. The summed E-state index contributed by atoms with van der Waals surface area (Å²) in [6, 6.07) is 94.2. The van der Waals surface area contributed by atoms with Gasteiger partial charge in [0.2, 0.25) is 0 Å². The fourth-order valence-electron chi connectivity index (χ4n) is 11.4. The topological polar surface area (TPSA) is 6.48 Å². The molecule has 0 aliphatic heterocycles. The van der Waals surface area contributed by atoms with Gasteiger partial charge in [0.25, 0.3) is 0 Å². The van der Waals surface area contributed by atoms with Gasteiger partial charge >= 0.3 is 0 Å². The van der Waals surface area contributed by atoms with Crippen molar-refractivity contribution < 1.29 is 0 Å². The molecule has 0 saturated heterocycles. The van der Waals surface area contributed by atoms with Crippen LogP contribution in [-0.2, 0) is 0 Å². The van der Waals surface area contributed by atoms with E-state index >= 15 is 0 Å². The average molecular weight is 947 g/mol. The summed E-state index contributed by atoms with van der Waals surface area (Å²) in [5.74, 6) is 0. The molecule has 0 heterocycles. The van der Waals surface area contributed by atoms with E-state index in [1.807, 2.05) is 0 Å². The van der Waals surface area contributed by atoms with Gasteiger partial charge in [-0.1, -0.05) is 205 Å². The quantitative estimate of drug-likeness (QED) is 0.126. The van der Waals surface area contributed by atoms with Crippen molar-refractivity contribution in [1.29, 1.82) is 0 Å². The number of anilines is 6. The minimum Gasteiger partial charge on any atom is -0.310 e. The van der Waals surface area contributed by atoms with E-state index in [9.17, 15) is 0 Å². The number of nitrogens with zero attached hydrogens (tertiary/aromatic N) is 2. The largest absolute Gasteiger partial charge is 0.310 e. The molecular formula is C72H54N2. The highest BCUT2D eigenvalue weighted by Crippen LogP contribution is 2.50. The fraction of sp³-hybridized carbons (Fsp3) is 0.0556. The zero-order chi connectivity index (χ0) is 49.5. The minimum absolute atomic E-state index is 1.06. The lowest BCUT2D eigenvalue weighted by Gasteiger charge is -2.28. The molecule has 2 nitrogen and oxygen atoms in total. The maximum atomic E-state index is 2.46. The molecule has 0 amide bonds. The molecule has 12 aromatic rings. The molecule has 1 aliphatic rings. The Labute approximate surface area is 434 Å². The highest BCUT2D eigenvalue weighted by Gasteiger charge is 2.24. The summed E-state index contributed by atoms with van der Waals surface area (Å²) in [6.45, 7) is 4.36. The van der Waals surface area contributed by atoms with Crippen LogP contribution in [0.4, 0.5) is 34.1 Å². The monoisotopic (exact) mass is 946 g/mol. The van der Waals surface area contributed by atoms with E-state index < -0.39 is 0 Å². The molecule has 352 valence electrons. The number of fused-ring (bicyclic) bond motifs is 4. The van der Waals surface area contributed by atoms with Crippen LogP contribution in [0.3, 0.4) is 0 Å². The number of benzene rings is 12. The van der Waals surface area contributed by atoms with E-state index in [0.717, 1.165) is 47.0 Å². The summed E-state index contributed by atoms with van der Waals surface area (Å²) in [5.41, 5.74) is 19.2. The summed E-state index contributed by atoms with van der Waals surface area (Å²) >= 11 is 0. The summed E-state index contributed by atoms with van der Waals surface area (Å²) in [5, 5.41) is 9.65. The molecule has 12 aromatic carbocycles. The number of rotatable bonds is 10. The highest BCUT2D eigenvalue weighted by molar-refractivity contribution is 6.26. The van der Waals surface area contributed by atoms with Crippen molar-refractivity contribution in [2.24, 2.45) is 0 Å². The van der Waals surface area contributed by atoms with Crippen LogP contribution in [0.2, 0.25) is 0 Å². The van der Waals surface area contributed by atoms with Crippen LogP contribution in [0, 0.1) is 6.92 Å². The van der Waals surface area contributed by atoms with Gasteiger partial charge in [-0.3, -0.25) is 0 Å². The van der Waals surface area contributed by atoms with E-state index in [4.69, 9.17) is 0 Å². The molecule has 1 aliphatic carbocycles. The molecule has 0 spiro atoms. The van der Waals surface area contributed by atoms with Gasteiger partial charge in [-0.05, 0) is 187 Å². The number of allylic oxidation sites excluding steroid dienone is 4. The van der Waals surface area contributed by atoms with Gasteiger partial charge < -0.3 is 9.80 Å². The molecule has 74 heavy (non-hydrogen) atoms. The van der Waals surface area contributed by atoms with Crippen LogP contribution in [0.25, 0.3) is 82.0 Å². The van der Waals surface area contributed by atoms with Gasteiger partial charge in [0, 0.05) is 34.1 Å². The van der Waals surface area contributed by atoms with Crippen molar-refractivity contribution in [3.63, 3.8) is 0 Å². The Kier molecular flexibility index (Phi) is 11.5. The van der Waals surface area contributed by atoms with Gasteiger partial charge in [-0.25, -0.2) is 0 Å². The molecule has 0 N–H and O–H groups in total. The molecule has 0 bridgehead atoms. The van der Waals surface area contributed by atoms with Crippen molar-refractivity contribution in [3.8, 4) is 33.4 Å². The molecule has 0 saturated carbocycles. The van der Waals surface area contributed by atoms with Crippen LogP contribution < -0.4 is 9.80 Å². The van der Waals surface area contributed by atoms with E-state index in [-0.39, 0.29) is 0 Å². The minimum atomic E-state index is 1.06. The third kappa shape index (κ3) is 8.21. The Hall–Kier alpha value is -9.24. The summed E-state index contributed by atoms with van der Waals surface area (Å²) in [6.07, 6.45) is 6.73. The lowest BCUT2D eigenvalue weighted by Crippen LogP contribution is -2.10. The molecule has 0 radical (unpaired) electrons. The van der Waals surface area contributed by atoms with Crippen LogP contribution in [-0.4, -0.2) is 0 Å². The van der Waals surface area contributed by atoms with Gasteiger partial charge in [0.05, 0.1) is 0 Å². The average Bonchev–Trinajstić information content (AvgIpc) is 3.46. The number of hydrogen-bond donors (Lipinski definition) is 0. The second-order valence-electron chi connectivity index (χ2n) is 19.8. The Morgan fingerprint density at radius 3 is 1.16 bits per heavy atom. The first kappa shape index (κ1) is 44.7. The second kappa shape index (κ2) is 19.1. The first-order chi connectivity index (χ1) is 36.5. The van der Waals surface area contributed by atoms with Crippen LogP contribution in [0.5, 0.6) is 0 Å². The van der Waals surface area contributed by atoms with Crippen molar-refractivity contribution in [3.05, 3.63) is 284 Å². The van der Waals surface area contributed by atoms with Crippen molar-refractivity contribution in [1.82, 2.24) is 0 Å². The number of para-hydroxylation sites is 2. The summed E-state index contributed by atoms with van der Waals surface area (Å²) in [7, 11) is 0. The molecular weight excluding hydrogens is 893 g/mol. The second-order valence-corrected chi connectivity index (χ2v) is 19.8. The van der Waals surface area contributed by atoms with E-state index in [1.54, 1.807) is 0 Å². The lowest BCUT2D eigenvalue weighted by atomic mass is 9.83. The maximum absolute atomic E-state index is 2.46. The van der Waals surface area contributed by atoms with Crippen molar-refractivity contribution in [2.45, 2.75) is 26.7 Å². The predicted octanol–water partition coefficient (Wildman–Crippen LogP) is 20.7. The SMILES string of the molecule is CC1=CC=C(c2ccc(N(c3ccccc3)c3ccc4c(-c5cccc6ccccc56)c5cc(N(c6ccccc6)c6ccc(-c7ccc(C)cc7)cc6)ccc5c(-c5cccc6ccccc56)c4c3)cc2)CC1. The number of hydrogen-bond acceptors (Lipinski definition) is 2. The highest BCUT2D eigenvalue weighted by atomic mass is 15.1. The standard InChI is InChI=1S/C72H54N2/c1-49-27-31-51(32-28-49)53-35-39-59(40-36-53)73(57-19-5-3-6-20-57)61-43-45-67-69(47-61)71(65-25-13-17-55-15-9-11-23-63(55)65)68-46-44-62(48-70(68)72(67)66-26-14-18-56-16-10-12-24-64(56)66)74(58-21-7-4-8-22-58)60-41-37-54(38-42-60)52-33-29-50(2)30-34-52/h3-29,31-33,35-48H,30,34H2,1-2H3. The Bertz CT molecular complexity index is 4100. The first-order valence-corrected chi connectivity index (χ1v) is 25.9. The maximum Gasteiger partial charge on any atom is 0.0468 e. The summed E-state index contributed by atoms with van der Waals surface area (Å²) in [4.78, 5) is 4.82. The Balaban J connectivity index is 1.09. The van der Waals surface area contributed by atoms with Gasteiger partial charge in [-0.15, -0.1) is 0 Å². The Morgan fingerprint density at radius 1 is 0.284 bits per heavy atom. The Morgan fingerprint density at radius 2 is 0.689 bits per heavy atom. The van der Waals surface area contributed by atoms with E-state index in [2.05, 4.69) is 291 Å². The van der Waals surface area contributed by atoms with Crippen molar-refractivity contribution in [2.75, 3.05) is 9.80 Å². The van der Waals surface area contributed by atoms with E-state index in [1.165, 1.54) is 98.7 Å². The van der Waals surface area contributed by atoms with Crippen molar-refractivity contribution >= 4 is 82.8 Å². The molecule has 0 unspecified atom stereocenters.